The molecule has 0 bridgehead atoms. The lowest BCUT2D eigenvalue weighted by Crippen LogP contribution is -2.33. The molecule has 0 heterocycles. The summed E-state index contributed by atoms with van der Waals surface area (Å²) in [5, 5.41) is 22.4. The van der Waals surface area contributed by atoms with Crippen LogP contribution in [0.3, 0.4) is 0 Å². The Labute approximate surface area is 117 Å². The zero-order valence-corrected chi connectivity index (χ0v) is 12.3. The quantitative estimate of drug-likeness (QED) is 0.501. The number of nitrogens with one attached hydrogen (secondary N) is 1. The third kappa shape index (κ3) is 8.58. The fourth-order valence-corrected chi connectivity index (χ4v) is 2.60. The SMILES string of the molecule is CCCCCCOCC(O)CNCC1CCC(O)C1. The summed E-state index contributed by atoms with van der Waals surface area (Å²) >= 11 is 0. The Morgan fingerprint density at radius 3 is 2.79 bits per heavy atom. The molecule has 19 heavy (non-hydrogen) atoms. The van der Waals surface area contributed by atoms with Crippen molar-refractivity contribution in [3.63, 3.8) is 0 Å². The smallest absolute Gasteiger partial charge is 0.0897 e. The van der Waals surface area contributed by atoms with Crippen molar-refractivity contribution in [3.05, 3.63) is 0 Å². The summed E-state index contributed by atoms with van der Waals surface area (Å²) in [6, 6.07) is 0. The van der Waals surface area contributed by atoms with Crippen molar-refractivity contribution in [1.29, 1.82) is 0 Å². The largest absolute Gasteiger partial charge is 0.393 e. The lowest BCUT2D eigenvalue weighted by molar-refractivity contribution is 0.0350. The van der Waals surface area contributed by atoms with Gasteiger partial charge in [-0.3, -0.25) is 0 Å². The van der Waals surface area contributed by atoms with E-state index in [-0.39, 0.29) is 6.10 Å². The van der Waals surface area contributed by atoms with Gasteiger partial charge >= 0.3 is 0 Å². The van der Waals surface area contributed by atoms with Gasteiger partial charge in [-0.15, -0.1) is 0 Å². The van der Waals surface area contributed by atoms with Gasteiger partial charge in [-0.2, -0.15) is 0 Å². The second-order valence-corrected chi connectivity index (χ2v) is 5.78. The van der Waals surface area contributed by atoms with E-state index in [2.05, 4.69) is 12.2 Å². The minimum absolute atomic E-state index is 0.108. The maximum atomic E-state index is 9.74. The topological polar surface area (TPSA) is 61.7 Å². The lowest BCUT2D eigenvalue weighted by Gasteiger charge is -2.15. The molecular formula is C15H31NO3. The highest BCUT2D eigenvalue weighted by atomic mass is 16.5. The number of aliphatic hydroxyl groups is 2. The molecule has 3 unspecified atom stereocenters. The van der Waals surface area contributed by atoms with E-state index in [1.807, 2.05) is 0 Å². The molecule has 1 fully saturated rings. The monoisotopic (exact) mass is 273 g/mol. The van der Waals surface area contributed by atoms with Crippen LogP contribution in [0.1, 0.15) is 51.9 Å². The molecule has 0 aromatic carbocycles. The summed E-state index contributed by atoms with van der Waals surface area (Å²) in [5.74, 6) is 0.567. The van der Waals surface area contributed by atoms with Gasteiger partial charge in [0, 0.05) is 13.2 Å². The summed E-state index contributed by atoms with van der Waals surface area (Å²) in [4.78, 5) is 0. The molecule has 0 amide bonds. The van der Waals surface area contributed by atoms with Crippen LogP contribution in [0.15, 0.2) is 0 Å². The van der Waals surface area contributed by atoms with Crippen LogP contribution in [-0.2, 0) is 4.74 Å². The molecule has 3 atom stereocenters. The highest BCUT2D eigenvalue weighted by Gasteiger charge is 2.22. The van der Waals surface area contributed by atoms with E-state index in [4.69, 9.17) is 4.74 Å². The number of rotatable bonds is 11. The Morgan fingerprint density at radius 1 is 1.26 bits per heavy atom. The van der Waals surface area contributed by atoms with Gasteiger partial charge in [0.15, 0.2) is 0 Å². The molecule has 4 heteroatoms. The first-order valence-electron chi connectivity index (χ1n) is 7.87. The molecule has 0 saturated heterocycles. The third-order valence-electron chi connectivity index (χ3n) is 3.78. The molecule has 1 rings (SSSR count). The zero-order valence-electron chi connectivity index (χ0n) is 12.3. The van der Waals surface area contributed by atoms with Crippen LogP contribution in [0.5, 0.6) is 0 Å². The number of aliphatic hydroxyl groups excluding tert-OH is 2. The van der Waals surface area contributed by atoms with Crippen molar-refractivity contribution in [1.82, 2.24) is 5.32 Å². The molecule has 0 aromatic rings. The highest BCUT2D eigenvalue weighted by molar-refractivity contribution is 4.76. The summed E-state index contributed by atoms with van der Waals surface area (Å²) < 4.78 is 5.45. The van der Waals surface area contributed by atoms with Crippen molar-refractivity contribution in [3.8, 4) is 0 Å². The normalized spacial score (nSPS) is 24.8. The summed E-state index contributed by atoms with van der Waals surface area (Å²) in [6.07, 6.45) is 7.21. The van der Waals surface area contributed by atoms with Gasteiger partial charge in [0.25, 0.3) is 0 Å². The maximum absolute atomic E-state index is 9.74. The average Bonchev–Trinajstić information content (AvgIpc) is 2.79. The first kappa shape index (κ1) is 16.9. The number of hydrogen-bond acceptors (Lipinski definition) is 4. The summed E-state index contributed by atoms with van der Waals surface area (Å²) in [7, 11) is 0. The predicted octanol–water partition coefficient (Wildman–Crippen LogP) is 1.69. The van der Waals surface area contributed by atoms with E-state index in [1.54, 1.807) is 0 Å². The van der Waals surface area contributed by atoms with Crippen LogP contribution in [0, 0.1) is 5.92 Å². The fraction of sp³-hybridized carbons (Fsp3) is 1.00. The molecule has 0 spiro atoms. The van der Waals surface area contributed by atoms with Crippen molar-refractivity contribution in [2.24, 2.45) is 5.92 Å². The lowest BCUT2D eigenvalue weighted by atomic mass is 10.1. The molecule has 4 nitrogen and oxygen atoms in total. The number of hydrogen-bond donors (Lipinski definition) is 3. The van der Waals surface area contributed by atoms with Crippen molar-refractivity contribution in [2.45, 2.75) is 64.1 Å². The van der Waals surface area contributed by atoms with E-state index in [0.29, 0.717) is 19.1 Å². The van der Waals surface area contributed by atoms with Gasteiger partial charge in [0.1, 0.15) is 0 Å². The van der Waals surface area contributed by atoms with Gasteiger partial charge in [0.05, 0.1) is 18.8 Å². The Kier molecular flexibility index (Phi) is 9.43. The average molecular weight is 273 g/mol. The maximum Gasteiger partial charge on any atom is 0.0897 e. The van der Waals surface area contributed by atoms with E-state index < -0.39 is 6.10 Å². The molecule has 1 saturated carbocycles. The van der Waals surface area contributed by atoms with Crippen molar-refractivity contribution < 1.29 is 14.9 Å². The molecule has 0 aliphatic heterocycles. The van der Waals surface area contributed by atoms with Crippen LogP contribution < -0.4 is 5.32 Å². The van der Waals surface area contributed by atoms with Crippen molar-refractivity contribution >= 4 is 0 Å². The minimum Gasteiger partial charge on any atom is -0.393 e. The summed E-state index contributed by atoms with van der Waals surface area (Å²) in [5.41, 5.74) is 0. The number of ether oxygens (including phenoxy) is 1. The second kappa shape index (κ2) is 10.6. The first-order chi connectivity index (χ1) is 9.22. The Bertz CT molecular complexity index is 214. The first-order valence-corrected chi connectivity index (χ1v) is 7.87. The molecule has 114 valence electrons. The second-order valence-electron chi connectivity index (χ2n) is 5.78. The van der Waals surface area contributed by atoms with Gasteiger partial charge < -0.3 is 20.3 Å². The van der Waals surface area contributed by atoms with Gasteiger partial charge in [-0.25, -0.2) is 0 Å². The van der Waals surface area contributed by atoms with Gasteiger partial charge in [-0.05, 0) is 38.1 Å². The Morgan fingerprint density at radius 2 is 2.11 bits per heavy atom. The van der Waals surface area contributed by atoms with Crippen LogP contribution in [0.4, 0.5) is 0 Å². The van der Waals surface area contributed by atoms with Gasteiger partial charge in [0.2, 0.25) is 0 Å². The standard InChI is InChI=1S/C15H31NO3/c1-2-3-4-5-8-19-12-15(18)11-16-10-13-6-7-14(17)9-13/h13-18H,2-12H2,1H3. The molecule has 0 radical (unpaired) electrons. The molecular weight excluding hydrogens is 242 g/mol. The minimum atomic E-state index is -0.419. The van der Waals surface area contributed by atoms with Crippen LogP contribution in [0.2, 0.25) is 0 Å². The van der Waals surface area contributed by atoms with Crippen LogP contribution in [-0.4, -0.2) is 48.7 Å². The molecule has 1 aliphatic rings. The fourth-order valence-electron chi connectivity index (χ4n) is 2.60. The third-order valence-corrected chi connectivity index (χ3v) is 3.78. The van der Waals surface area contributed by atoms with E-state index in [9.17, 15) is 10.2 Å². The Hall–Kier alpha value is -0.160. The predicted molar refractivity (Wildman–Crippen MR) is 77.2 cm³/mol. The molecule has 0 aromatic heterocycles. The van der Waals surface area contributed by atoms with E-state index >= 15 is 0 Å². The molecule has 3 N–H and O–H groups in total. The number of unbranched alkanes of at least 4 members (excludes halogenated alkanes) is 3. The van der Waals surface area contributed by atoms with E-state index in [0.717, 1.165) is 38.8 Å². The van der Waals surface area contributed by atoms with Crippen LogP contribution >= 0.6 is 0 Å². The molecule has 1 aliphatic carbocycles. The van der Waals surface area contributed by atoms with Crippen LogP contribution in [0.25, 0.3) is 0 Å². The Balaban J connectivity index is 1.86. The zero-order chi connectivity index (χ0) is 13.9. The summed E-state index contributed by atoms with van der Waals surface area (Å²) in [6.45, 7) is 4.85. The van der Waals surface area contributed by atoms with E-state index in [1.165, 1.54) is 19.3 Å². The highest BCUT2D eigenvalue weighted by Crippen LogP contribution is 2.24. The van der Waals surface area contributed by atoms with Crippen molar-refractivity contribution in [2.75, 3.05) is 26.3 Å². The van der Waals surface area contributed by atoms with Gasteiger partial charge in [-0.1, -0.05) is 26.2 Å².